The quantitative estimate of drug-likeness (QED) is 0.761. The molecular formula is C18H15N3O. The Morgan fingerprint density at radius 2 is 1.55 bits per heavy atom. The van der Waals surface area contributed by atoms with Gasteiger partial charge < -0.3 is 10.6 Å². The molecule has 0 radical (unpaired) electrons. The van der Waals surface area contributed by atoms with Crippen molar-refractivity contribution in [1.29, 1.82) is 0 Å². The third-order valence-electron chi connectivity index (χ3n) is 3.13. The van der Waals surface area contributed by atoms with Crippen LogP contribution >= 0.6 is 0 Å². The van der Waals surface area contributed by atoms with Gasteiger partial charge in [-0.25, -0.2) is 4.98 Å². The highest BCUT2D eigenvalue weighted by molar-refractivity contribution is 6.08. The Kier molecular flexibility index (Phi) is 4.11. The van der Waals surface area contributed by atoms with Crippen LogP contribution in [0.5, 0.6) is 0 Å². The van der Waals surface area contributed by atoms with Crippen LogP contribution in [0.1, 0.15) is 10.4 Å². The Hall–Kier alpha value is -3.14. The Balaban J connectivity index is 1.83. The maximum atomic E-state index is 12.4. The van der Waals surface area contributed by atoms with Crippen molar-refractivity contribution in [3.05, 3.63) is 84.6 Å². The number of rotatable bonds is 4. The summed E-state index contributed by atoms with van der Waals surface area (Å²) in [4.78, 5) is 16.5. The summed E-state index contributed by atoms with van der Waals surface area (Å²) in [6, 6.07) is 22.5. The predicted octanol–water partition coefficient (Wildman–Crippen LogP) is 4.08. The number of hydrogen-bond acceptors (Lipinski definition) is 3. The molecule has 0 spiro atoms. The summed E-state index contributed by atoms with van der Waals surface area (Å²) < 4.78 is 0. The van der Waals surface area contributed by atoms with E-state index in [1.807, 2.05) is 54.6 Å². The molecule has 0 aliphatic rings. The average molecular weight is 289 g/mol. The van der Waals surface area contributed by atoms with Gasteiger partial charge in [-0.3, -0.25) is 4.79 Å². The van der Waals surface area contributed by atoms with Gasteiger partial charge in [0, 0.05) is 11.9 Å². The average Bonchev–Trinajstić information content (AvgIpc) is 2.57. The van der Waals surface area contributed by atoms with Gasteiger partial charge in [-0.05, 0) is 36.4 Å². The number of carbonyl (C=O) groups excluding carboxylic acids is 1. The number of benzene rings is 2. The second-order valence-electron chi connectivity index (χ2n) is 4.71. The molecule has 2 aromatic carbocycles. The number of anilines is 3. The van der Waals surface area contributed by atoms with Crippen molar-refractivity contribution in [2.45, 2.75) is 0 Å². The van der Waals surface area contributed by atoms with Crippen LogP contribution in [0.2, 0.25) is 0 Å². The van der Waals surface area contributed by atoms with Crippen LogP contribution in [0, 0.1) is 0 Å². The molecule has 2 N–H and O–H groups in total. The van der Waals surface area contributed by atoms with E-state index in [0.29, 0.717) is 11.4 Å². The molecule has 0 bridgehead atoms. The molecule has 0 aliphatic carbocycles. The highest BCUT2D eigenvalue weighted by Crippen LogP contribution is 2.21. The molecule has 1 heterocycles. The molecule has 0 aliphatic heterocycles. The van der Waals surface area contributed by atoms with E-state index in [0.717, 1.165) is 11.4 Å². The van der Waals surface area contributed by atoms with Gasteiger partial charge in [0.15, 0.2) is 0 Å². The third-order valence-corrected chi connectivity index (χ3v) is 3.13. The highest BCUT2D eigenvalue weighted by atomic mass is 16.1. The Morgan fingerprint density at radius 3 is 2.32 bits per heavy atom. The molecule has 0 saturated carbocycles. The second-order valence-corrected chi connectivity index (χ2v) is 4.71. The summed E-state index contributed by atoms with van der Waals surface area (Å²) in [7, 11) is 0. The summed E-state index contributed by atoms with van der Waals surface area (Å²) in [5, 5.41) is 6.05. The van der Waals surface area contributed by atoms with Gasteiger partial charge in [0.25, 0.3) is 5.91 Å². The number of aromatic nitrogens is 1. The number of hydrogen-bond donors (Lipinski definition) is 2. The first-order valence-electron chi connectivity index (χ1n) is 6.96. The van der Waals surface area contributed by atoms with Gasteiger partial charge in [-0.1, -0.05) is 36.4 Å². The SMILES string of the molecule is O=C(Nc1ccccn1)c1ccccc1Nc1ccccc1. The third kappa shape index (κ3) is 3.30. The molecule has 4 heteroatoms. The number of amides is 1. The summed E-state index contributed by atoms with van der Waals surface area (Å²) in [6.45, 7) is 0. The minimum absolute atomic E-state index is 0.197. The minimum atomic E-state index is -0.197. The lowest BCUT2D eigenvalue weighted by Crippen LogP contribution is -2.14. The van der Waals surface area contributed by atoms with Crippen LogP contribution in [-0.4, -0.2) is 10.9 Å². The van der Waals surface area contributed by atoms with Crippen molar-refractivity contribution in [2.24, 2.45) is 0 Å². The lowest BCUT2D eigenvalue weighted by molar-refractivity contribution is 0.102. The first kappa shape index (κ1) is 13.8. The smallest absolute Gasteiger partial charge is 0.258 e. The fourth-order valence-electron chi connectivity index (χ4n) is 2.09. The van der Waals surface area contributed by atoms with E-state index in [1.165, 1.54) is 0 Å². The molecule has 3 rings (SSSR count). The van der Waals surface area contributed by atoms with Crippen LogP contribution in [0.3, 0.4) is 0 Å². The molecule has 3 aromatic rings. The van der Waals surface area contributed by atoms with E-state index >= 15 is 0 Å². The van der Waals surface area contributed by atoms with E-state index in [2.05, 4.69) is 15.6 Å². The number of nitrogens with one attached hydrogen (secondary N) is 2. The van der Waals surface area contributed by atoms with Gasteiger partial charge in [0.2, 0.25) is 0 Å². The first-order valence-corrected chi connectivity index (χ1v) is 6.96. The zero-order valence-electron chi connectivity index (χ0n) is 11.9. The molecule has 0 atom stereocenters. The van der Waals surface area contributed by atoms with Crippen molar-refractivity contribution in [3.8, 4) is 0 Å². The van der Waals surface area contributed by atoms with Crippen molar-refractivity contribution >= 4 is 23.1 Å². The predicted molar refractivity (Wildman–Crippen MR) is 88.4 cm³/mol. The van der Waals surface area contributed by atoms with Gasteiger partial charge in [0.05, 0.1) is 11.3 Å². The lowest BCUT2D eigenvalue weighted by atomic mass is 10.1. The molecule has 1 amide bonds. The molecule has 1 aromatic heterocycles. The fourth-order valence-corrected chi connectivity index (χ4v) is 2.09. The molecule has 22 heavy (non-hydrogen) atoms. The summed E-state index contributed by atoms with van der Waals surface area (Å²) in [6.07, 6.45) is 1.64. The monoisotopic (exact) mass is 289 g/mol. The van der Waals surface area contributed by atoms with Gasteiger partial charge in [-0.2, -0.15) is 0 Å². The molecular weight excluding hydrogens is 274 g/mol. The molecule has 0 saturated heterocycles. The standard InChI is InChI=1S/C18H15N3O/c22-18(21-17-12-6-7-13-19-17)15-10-4-5-11-16(15)20-14-8-2-1-3-9-14/h1-13,20H,(H,19,21,22). The maximum absolute atomic E-state index is 12.4. The maximum Gasteiger partial charge on any atom is 0.258 e. The van der Waals surface area contributed by atoms with Crippen LogP contribution in [0.4, 0.5) is 17.2 Å². The Labute approximate surface area is 128 Å². The zero-order valence-corrected chi connectivity index (χ0v) is 11.9. The van der Waals surface area contributed by atoms with Crippen molar-refractivity contribution in [1.82, 2.24) is 4.98 Å². The molecule has 4 nitrogen and oxygen atoms in total. The van der Waals surface area contributed by atoms with Crippen LogP contribution < -0.4 is 10.6 Å². The van der Waals surface area contributed by atoms with E-state index in [9.17, 15) is 4.79 Å². The van der Waals surface area contributed by atoms with Gasteiger partial charge in [0.1, 0.15) is 5.82 Å². The van der Waals surface area contributed by atoms with Crippen LogP contribution in [-0.2, 0) is 0 Å². The second kappa shape index (κ2) is 6.54. The summed E-state index contributed by atoms with van der Waals surface area (Å²) >= 11 is 0. The Morgan fingerprint density at radius 1 is 0.818 bits per heavy atom. The first-order chi connectivity index (χ1) is 10.8. The number of pyridine rings is 1. The van der Waals surface area contributed by atoms with Crippen LogP contribution in [0.25, 0.3) is 0 Å². The van der Waals surface area contributed by atoms with Gasteiger partial charge >= 0.3 is 0 Å². The zero-order chi connectivity index (χ0) is 15.2. The topological polar surface area (TPSA) is 54.0 Å². The van der Waals surface area contributed by atoms with Gasteiger partial charge in [-0.15, -0.1) is 0 Å². The molecule has 0 unspecified atom stereocenters. The summed E-state index contributed by atoms with van der Waals surface area (Å²) in [5.41, 5.74) is 2.25. The number of para-hydroxylation sites is 2. The molecule has 108 valence electrons. The lowest BCUT2D eigenvalue weighted by Gasteiger charge is -2.12. The minimum Gasteiger partial charge on any atom is -0.355 e. The van der Waals surface area contributed by atoms with Crippen molar-refractivity contribution in [2.75, 3.05) is 10.6 Å². The van der Waals surface area contributed by atoms with Crippen LogP contribution in [0.15, 0.2) is 79.0 Å². The van der Waals surface area contributed by atoms with E-state index in [4.69, 9.17) is 0 Å². The van der Waals surface area contributed by atoms with Crippen molar-refractivity contribution in [3.63, 3.8) is 0 Å². The van der Waals surface area contributed by atoms with E-state index < -0.39 is 0 Å². The summed E-state index contributed by atoms with van der Waals surface area (Å²) in [5.74, 6) is 0.333. The highest BCUT2D eigenvalue weighted by Gasteiger charge is 2.11. The number of nitrogens with zero attached hydrogens (tertiary/aromatic N) is 1. The number of carbonyl (C=O) groups is 1. The largest absolute Gasteiger partial charge is 0.355 e. The normalized spacial score (nSPS) is 10.0. The fraction of sp³-hybridized carbons (Fsp3) is 0. The van der Waals surface area contributed by atoms with E-state index in [-0.39, 0.29) is 5.91 Å². The Bertz CT molecular complexity index is 758. The van der Waals surface area contributed by atoms with E-state index in [1.54, 1.807) is 24.4 Å². The molecule has 0 fully saturated rings. The van der Waals surface area contributed by atoms with Crippen molar-refractivity contribution < 1.29 is 4.79 Å².